The minimum absolute atomic E-state index is 0.263. The molecule has 2 heterocycles. The van der Waals surface area contributed by atoms with Crippen LogP contribution in [-0.2, 0) is 23.9 Å². The highest BCUT2D eigenvalue weighted by atomic mass is 79.9. The van der Waals surface area contributed by atoms with E-state index in [0.717, 1.165) is 0 Å². The fraction of sp³-hybridized carbons (Fsp3) is 0.444. The lowest BCUT2D eigenvalue weighted by molar-refractivity contribution is -0.192. The number of carbonyl (C=O) groups excluding carboxylic acids is 1. The van der Waals surface area contributed by atoms with Gasteiger partial charge in [-0.1, -0.05) is 23.2 Å². The molecule has 1 fully saturated rings. The average molecular weight is 627 g/mol. The maximum atomic E-state index is 11.8. The summed E-state index contributed by atoms with van der Waals surface area (Å²) in [5.74, 6) is -4.97. The van der Waals surface area contributed by atoms with Crippen LogP contribution in [0, 0.1) is 0 Å². The summed E-state index contributed by atoms with van der Waals surface area (Å²) in [6.07, 6.45) is -10.6. The van der Waals surface area contributed by atoms with Crippen LogP contribution in [0.4, 0.5) is 13.2 Å². The van der Waals surface area contributed by atoms with E-state index in [2.05, 4.69) is 20.9 Å². The van der Waals surface area contributed by atoms with Crippen molar-refractivity contribution < 1.29 is 57.5 Å². The fourth-order valence-corrected chi connectivity index (χ4v) is 3.83. The Labute approximate surface area is 217 Å². The average Bonchev–Trinajstić information content (AvgIpc) is 3.21. The van der Waals surface area contributed by atoms with Crippen molar-refractivity contribution in [2.24, 2.45) is 5.73 Å². The number of aliphatic hydroxyl groups excluding tert-OH is 2. The largest absolute Gasteiger partial charge is 0.490 e. The summed E-state index contributed by atoms with van der Waals surface area (Å²) in [5, 5.41) is 37.1. The highest BCUT2D eigenvalue weighted by molar-refractivity contribution is 9.10. The number of halogens is 6. The highest BCUT2D eigenvalue weighted by Gasteiger charge is 2.45. The van der Waals surface area contributed by atoms with E-state index < -0.39 is 67.7 Å². The van der Waals surface area contributed by atoms with Gasteiger partial charge in [-0.05, 0) is 28.1 Å². The van der Waals surface area contributed by atoms with Gasteiger partial charge in [0.05, 0.1) is 27.5 Å². The summed E-state index contributed by atoms with van der Waals surface area (Å²) < 4.78 is 44.1. The van der Waals surface area contributed by atoms with Crippen LogP contribution in [0.25, 0.3) is 11.0 Å². The lowest BCUT2D eigenvalue weighted by Gasteiger charge is -2.18. The molecule has 0 saturated carbocycles. The first-order chi connectivity index (χ1) is 16.5. The van der Waals surface area contributed by atoms with E-state index in [-0.39, 0.29) is 5.02 Å². The van der Waals surface area contributed by atoms with Gasteiger partial charge in [0.1, 0.15) is 31.0 Å². The van der Waals surface area contributed by atoms with Crippen LogP contribution >= 0.6 is 39.1 Å². The van der Waals surface area contributed by atoms with Crippen molar-refractivity contribution in [3.05, 3.63) is 26.9 Å². The molecule has 5 atom stereocenters. The van der Waals surface area contributed by atoms with Gasteiger partial charge in [0.15, 0.2) is 11.0 Å². The summed E-state index contributed by atoms with van der Waals surface area (Å²) in [6.45, 7) is -0.433. The Morgan fingerprint density at radius 1 is 1.19 bits per heavy atom. The first-order valence-corrected chi connectivity index (χ1v) is 11.1. The van der Waals surface area contributed by atoms with E-state index in [4.69, 9.17) is 53.4 Å². The summed E-state index contributed by atoms with van der Waals surface area (Å²) >= 11 is 15.3. The summed E-state index contributed by atoms with van der Waals surface area (Å²) in [5.41, 5.74) is 6.40. The van der Waals surface area contributed by atoms with Crippen molar-refractivity contribution in [1.29, 1.82) is 0 Å². The number of hydrogen-bond acceptors (Lipinski definition) is 9. The smallest absolute Gasteiger partial charge is 0.481 e. The molecule has 0 unspecified atom stereocenters. The molecule has 1 aliphatic rings. The number of ether oxygens (including phenoxy) is 2. The zero-order valence-electron chi connectivity index (χ0n) is 17.5. The molecule has 0 bridgehead atoms. The van der Waals surface area contributed by atoms with E-state index in [1.165, 1.54) is 10.6 Å². The van der Waals surface area contributed by atoms with Crippen molar-refractivity contribution >= 4 is 68.1 Å². The van der Waals surface area contributed by atoms with E-state index >= 15 is 0 Å². The Balaban J connectivity index is 0.000000572. The molecule has 12 nitrogen and oxygen atoms in total. The number of benzene rings is 1. The number of aliphatic carboxylic acids is 2. The molecule has 18 heteroatoms. The molecule has 36 heavy (non-hydrogen) atoms. The number of rotatable bonds is 6. The molecule has 1 aromatic carbocycles. The third-order valence-electron chi connectivity index (χ3n) is 4.61. The Morgan fingerprint density at radius 3 is 2.28 bits per heavy atom. The molecule has 1 saturated heterocycles. The standard InChI is InChI=1S/C16H16BrCl2N3O7.C2HF3O2/c17-16-21-8-1-5(18)6(19)2-9(8)22(16)14-13(26)12(25)10(29-14)4-28-15(27)7(20)3-11(23)24;3-2(4,5)1(6)7/h1-2,7,10,12-14,25-26H,3-4,20H2,(H,23,24);(H,6,7)/t7-,10-,12-,13-,14-;/m1./s1. The Morgan fingerprint density at radius 2 is 1.75 bits per heavy atom. The van der Waals surface area contributed by atoms with Gasteiger partial charge in [0, 0.05) is 0 Å². The van der Waals surface area contributed by atoms with Crippen LogP contribution in [-0.4, -0.2) is 85.0 Å². The van der Waals surface area contributed by atoms with Crippen molar-refractivity contribution in [2.75, 3.05) is 6.61 Å². The third-order valence-corrected chi connectivity index (χ3v) is 5.89. The van der Waals surface area contributed by atoms with Crippen molar-refractivity contribution in [3.63, 3.8) is 0 Å². The number of carboxylic acids is 2. The first-order valence-electron chi connectivity index (χ1n) is 9.52. The maximum Gasteiger partial charge on any atom is 0.490 e. The summed E-state index contributed by atoms with van der Waals surface area (Å²) in [6, 6.07) is 1.73. The monoisotopic (exact) mass is 625 g/mol. The quantitative estimate of drug-likeness (QED) is 0.293. The summed E-state index contributed by atoms with van der Waals surface area (Å²) in [4.78, 5) is 35.6. The number of imidazole rings is 1. The number of carbonyl (C=O) groups is 3. The number of hydrogen-bond donors (Lipinski definition) is 5. The van der Waals surface area contributed by atoms with E-state index in [0.29, 0.717) is 20.8 Å². The van der Waals surface area contributed by atoms with Gasteiger partial charge in [-0.2, -0.15) is 13.2 Å². The van der Waals surface area contributed by atoms with Gasteiger partial charge in [-0.15, -0.1) is 0 Å². The predicted octanol–water partition coefficient (Wildman–Crippen LogP) is 1.70. The van der Waals surface area contributed by atoms with Crippen LogP contribution in [0.15, 0.2) is 16.9 Å². The zero-order chi connectivity index (χ0) is 27.5. The third kappa shape index (κ3) is 7.18. The first kappa shape index (κ1) is 30.0. The Kier molecular flexibility index (Phi) is 9.91. The normalized spacial score (nSPS) is 22.6. The number of aliphatic hydroxyl groups is 2. The van der Waals surface area contributed by atoms with Crippen molar-refractivity contribution in [1.82, 2.24) is 9.55 Å². The highest BCUT2D eigenvalue weighted by Crippen LogP contribution is 2.37. The molecule has 0 spiro atoms. The topological polar surface area (TPSA) is 194 Å². The summed E-state index contributed by atoms with van der Waals surface area (Å²) in [7, 11) is 0. The van der Waals surface area contributed by atoms with Crippen LogP contribution in [0.3, 0.4) is 0 Å². The van der Waals surface area contributed by atoms with Gasteiger partial charge < -0.3 is 35.6 Å². The van der Waals surface area contributed by atoms with Gasteiger partial charge in [0.2, 0.25) is 0 Å². The number of esters is 1. The van der Waals surface area contributed by atoms with Gasteiger partial charge in [0.25, 0.3) is 0 Å². The maximum absolute atomic E-state index is 11.8. The number of alkyl halides is 3. The number of nitrogens with two attached hydrogens (primary N) is 1. The molecule has 0 aliphatic carbocycles. The molecular formula is C18H17BrCl2F3N3O9. The van der Waals surface area contributed by atoms with Crippen LogP contribution in [0.1, 0.15) is 12.6 Å². The van der Waals surface area contributed by atoms with Crippen molar-refractivity contribution in [2.45, 2.75) is 43.2 Å². The zero-order valence-corrected chi connectivity index (χ0v) is 20.6. The molecule has 0 radical (unpaired) electrons. The van der Waals surface area contributed by atoms with Crippen LogP contribution < -0.4 is 5.73 Å². The van der Waals surface area contributed by atoms with Crippen LogP contribution in [0.2, 0.25) is 10.0 Å². The second kappa shape index (κ2) is 11.9. The van der Waals surface area contributed by atoms with E-state index in [1.54, 1.807) is 6.07 Å². The molecule has 6 N–H and O–H groups in total. The molecule has 3 rings (SSSR count). The van der Waals surface area contributed by atoms with Gasteiger partial charge in [-0.25, -0.2) is 9.78 Å². The number of fused-ring (bicyclic) bond motifs is 1. The lowest BCUT2D eigenvalue weighted by atomic mass is 10.1. The molecule has 2 aromatic rings. The van der Waals surface area contributed by atoms with E-state index in [1.807, 2.05) is 0 Å². The minimum atomic E-state index is -5.08. The Hall–Kier alpha value is -2.21. The Bertz CT molecular complexity index is 1150. The lowest BCUT2D eigenvalue weighted by Crippen LogP contribution is -2.38. The SMILES string of the molecule is N[C@H](CC(=O)O)C(=O)OC[C@H]1O[C@@H](n2c(Br)nc3cc(Cl)c(Cl)cc32)[C@H](O)[C@@H]1O.O=C(O)C(F)(F)F. The minimum Gasteiger partial charge on any atom is -0.481 e. The molecular weight excluding hydrogens is 610 g/mol. The molecule has 200 valence electrons. The van der Waals surface area contributed by atoms with Crippen LogP contribution in [0.5, 0.6) is 0 Å². The molecule has 1 aliphatic heterocycles. The number of aromatic nitrogens is 2. The molecule has 1 aromatic heterocycles. The molecule has 0 amide bonds. The van der Waals surface area contributed by atoms with Gasteiger partial charge >= 0.3 is 24.1 Å². The predicted molar refractivity (Wildman–Crippen MR) is 118 cm³/mol. The second-order valence-electron chi connectivity index (χ2n) is 7.19. The number of carboxylic acid groups (broad SMARTS) is 2. The van der Waals surface area contributed by atoms with E-state index in [9.17, 15) is 33.0 Å². The number of nitrogens with zero attached hydrogens (tertiary/aromatic N) is 2. The fourth-order valence-electron chi connectivity index (χ4n) is 2.93. The second-order valence-corrected chi connectivity index (χ2v) is 8.71. The van der Waals surface area contributed by atoms with Crippen molar-refractivity contribution in [3.8, 4) is 0 Å². The van der Waals surface area contributed by atoms with Gasteiger partial charge in [-0.3, -0.25) is 14.2 Å².